The SMILES string of the molecule is COC(=O)N(C(=O)OC)C1CCCCCCC1. The van der Waals surface area contributed by atoms with Crippen molar-refractivity contribution in [2.24, 2.45) is 0 Å². The maximum atomic E-state index is 11.6. The maximum absolute atomic E-state index is 11.6. The van der Waals surface area contributed by atoms with Crippen LogP contribution in [0.2, 0.25) is 0 Å². The third kappa shape index (κ3) is 3.91. The Hall–Kier alpha value is -1.26. The van der Waals surface area contributed by atoms with Gasteiger partial charge in [0.1, 0.15) is 0 Å². The first-order chi connectivity index (χ1) is 8.20. The van der Waals surface area contributed by atoms with Gasteiger partial charge in [-0.2, -0.15) is 0 Å². The molecule has 1 fully saturated rings. The van der Waals surface area contributed by atoms with Crippen LogP contribution in [0.25, 0.3) is 0 Å². The lowest BCUT2D eigenvalue weighted by Crippen LogP contribution is -2.44. The molecule has 0 N–H and O–H groups in total. The van der Waals surface area contributed by atoms with Crippen LogP contribution in [0.3, 0.4) is 0 Å². The van der Waals surface area contributed by atoms with E-state index in [1.807, 2.05) is 0 Å². The number of rotatable bonds is 1. The fraction of sp³-hybridized carbons (Fsp3) is 0.833. The van der Waals surface area contributed by atoms with Crippen molar-refractivity contribution in [1.29, 1.82) is 0 Å². The first-order valence-corrected chi connectivity index (χ1v) is 6.15. The highest BCUT2D eigenvalue weighted by Gasteiger charge is 2.31. The van der Waals surface area contributed by atoms with Crippen molar-refractivity contribution >= 4 is 12.2 Å². The second-order valence-corrected chi connectivity index (χ2v) is 4.31. The molecule has 1 aliphatic carbocycles. The van der Waals surface area contributed by atoms with Crippen LogP contribution in [0.4, 0.5) is 9.59 Å². The van der Waals surface area contributed by atoms with Crippen molar-refractivity contribution in [3.05, 3.63) is 0 Å². The molecule has 1 saturated carbocycles. The highest BCUT2D eigenvalue weighted by atomic mass is 16.6. The zero-order chi connectivity index (χ0) is 12.7. The second kappa shape index (κ2) is 7.14. The predicted octanol–water partition coefficient (Wildman–Crippen LogP) is 2.93. The fourth-order valence-electron chi connectivity index (χ4n) is 2.26. The molecule has 0 aromatic heterocycles. The minimum atomic E-state index is -0.623. The molecular weight excluding hydrogens is 222 g/mol. The van der Waals surface area contributed by atoms with Gasteiger partial charge in [0.05, 0.1) is 14.2 Å². The van der Waals surface area contributed by atoms with Crippen LogP contribution < -0.4 is 0 Å². The molecule has 0 heterocycles. The Morgan fingerprint density at radius 3 is 1.71 bits per heavy atom. The van der Waals surface area contributed by atoms with Gasteiger partial charge in [-0.15, -0.1) is 0 Å². The molecule has 0 aliphatic heterocycles. The molecule has 0 unspecified atom stereocenters. The maximum Gasteiger partial charge on any atom is 0.419 e. The average molecular weight is 243 g/mol. The van der Waals surface area contributed by atoms with Crippen molar-refractivity contribution in [3.63, 3.8) is 0 Å². The van der Waals surface area contributed by atoms with Gasteiger partial charge in [0.2, 0.25) is 0 Å². The van der Waals surface area contributed by atoms with Crippen LogP contribution in [0.5, 0.6) is 0 Å². The summed E-state index contributed by atoms with van der Waals surface area (Å²) in [7, 11) is 2.56. The summed E-state index contributed by atoms with van der Waals surface area (Å²) in [5.74, 6) is 0. The van der Waals surface area contributed by atoms with E-state index < -0.39 is 12.2 Å². The van der Waals surface area contributed by atoms with E-state index >= 15 is 0 Å². The van der Waals surface area contributed by atoms with Crippen molar-refractivity contribution in [2.75, 3.05) is 14.2 Å². The summed E-state index contributed by atoms with van der Waals surface area (Å²) in [5.41, 5.74) is 0. The summed E-state index contributed by atoms with van der Waals surface area (Å²) in [6, 6.07) is -0.0878. The minimum Gasteiger partial charge on any atom is -0.452 e. The van der Waals surface area contributed by atoms with Gasteiger partial charge in [0.15, 0.2) is 0 Å². The molecule has 0 atom stereocenters. The number of carbonyl (C=O) groups is 2. The van der Waals surface area contributed by atoms with Gasteiger partial charge in [-0.05, 0) is 12.8 Å². The number of hydrogen-bond donors (Lipinski definition) is 0. The summed E-state index contributed by atoms with van der Waals surface area (Å²) in [6.07, 6.45) is 6.06. The van der Waals surface area contributed by atoms with E-state index in [4.69, 9.17) is 0 Å². The van der Waals surface area contributed by atoms with E-state index in [9.17, 15) is 9.59 Å². The van der Waals surface area contributed by atoms with E-state index in [-0.39, 0.29) is 6.04 Å². The van der Waals surface area contributed by atoms with E-state index in [1.54, 1.807) is 0 Å². The third-order valence-corrected chi connectivity index (χ3v) is 3.18. The summed E-state index contributed by atoms with van der Waals surface area (Å²) in [4.78, 5) is 24.3. The van der Waals surface area contributed by atoms with E-state index in [1.165, 1.54) is 20.6 Å². The highest BCUT2D eigenvalue weighted by Crippen LogP contribution is 2.22. The van der Waals surface area contributed by atoms with E-state index in [2.05, 4.69) is 9.47 Å². The number of methoxy groups -OCH3 is 2. The normalized spacial score (nSPS) is 17.8. The van der Waals surface area contributed by atoms with E-state index in [0.29, 0.717) is 0 Å². The Bertz CT molecular complexity index is 243. The number of nitrogens with zero attached hydrogens (tertiary/aromatic N) is 1. The lowest BCUT2D eigenvalue weighted by atomic mass is 9.96. The van der Waals surface area contributed by atoms with Gasteiger partial charge in [0, 0.05) is 6.04 Å². The lowest BCUT2D eigenvalue weighted by Gasteiger charge is -2.28. The number of amides is 2. The standard InChI is InChI=1S/C12H21NO4/c1-16-11(14)13(12(15)17-2)10-8-6-4-3-5-7-9-10/h10H,3-9H2,1-2H3. The van der Waals surface area contributed by atoms with Gasteiger partial charge in [-0.25, -0.2) is 14.5 Å². The third-order valence-electron chi connectivity index (χ3n) is 3.18. The zero-order valence-corrected chi connectivity index (χ0v) is 10.6. The average Bonchev–Trinajstić information content (AvgIpc) is 2.31. The Balaban J connectivity index is 2.72. The van der Waals surface area contributed by atoms with Gasteiger partial charge in [-0.3, -0.25) is 0 Å². The lowest BCUT2D eigenvalue weighted by molar-refractivity contribution is 0.0775. The van der Waals surface area contributed by atoms with Gasteiger partial charge < -0.3 is 9.47 Å². The number of imide groups is 1. The quantitative estimate of drug-likeness (QED) is 0.710. The molecule has 0 aromatic carbocycles. The molecule has 5 heteroatoms. The van der Waals surface area contributed by atoms with Crippen molar-refractivity contribution in [1.82, 2.24) is 4.90 Å². The first-order valence-electron chi connectivity index (χ1n) is 6.15. The molecular formula is C12H21NO4. The summed E-state index contributed by atoms with van der Waals surface area (Å²) >= 11 is 0. The predicted molar refractivity (Wildman–Crippen MR) is 62.8 cm³/mol. The zero-order valence-electron chi connectivity index (χ0n) is 10.6. The molecule has 0 saturated heterocycles. The van der Waals surface area contributed by atoms with Crippen LogP contribution in [-0.2, 0) is 9.47 Å². The van der Waals surface area contributed by atoms with Crippen molar-refractivity contribution in [2.45, 2.75) is 51.0 Å². The molecule has 1 aliphatic rings. The van der Waals surface area contributed by atoms with E-state index in [0.717, 1.165) is 43.4 Å². The van der Waals surface area contributed by atoms with Crippen molar-refractivity contribution < 1.29 is 19.1 Å². The fourth-order valence-corrected chi connectivity index (χ4v) is 2.26. The van der Waals surface area contributed by atoms with Gasteiger partial charge in [0.25, 0.3) is 0 Å². The molecule has 0 radical (unpaired) electrons. The molecule has 0 spiro atoms. The summed E-state index contributed by atoms with van der Waals surface area (Å²) in [6.45, 7) is 0. The largest absolute Gasteiger partial charge is 0.452 e. The molecule has 1 rings (SSSR count). The Morgan fingerprint density at radius 1 is 0.882 bits per heavy atom. The molecule has 0 bridgehead atoms. The number of ether oxygens (including phenoxy) is 2. The van der Waals surface area contributed by atoms with Crippen LogP contribution in [-0.4, -0.2) is 37.3 Å². The molecule has 2 amide bonds. The van der Waals surface area contributed by atoms with Gasteiger partial charge in [-0.1, -0.05) is 32.1 Å². The molecule has 17 heavy (non-hydrogen) atoms. The van der Waals surface area contributed by atoms with Crippen molar-refractivity contribution in [3.8, 4) is 0 Å². The number of carbonyl (C=O) groups excluding carboxylic acids is 2. The van der Waals surface area contributed by atoms with Crippen LogP contribution in [0, 0.1) is 0 Å². The monoisotopic (exact) mass is 243 g/mol. The van der Waals surface area contributed by atoms with Gasteiger partial charge >= 0.3 is 12.2 Å². The van der Waals surface area contributed by atoms with Crippen LogP contribution in [0.1, 0.15) is 44.9 Å². The minimum absolute atomic E-state index is 0.0878. The number of hydrogen-bond acceptors (Lipinski definition) is 4. The Labute approximate surface area is 102 Å². The first kappa shape index (κ1) is 13.8. The van der Waals surface area contributed by atoms with Crippen LogP contribution >= 0.6 is 0 Å². The molecule has 0 aromatic rings. The Morgan fingerprint density at radius 2 is 1.29 bits per heavy atom. The topological polar surface area (TPSA) is 55.8 Å². The second-order valence-electron chi connectivity index (χ2n) is 4.31. The van der Waals surface area contributed by atoms with Crippen LogP contribution in [0.15, 0.2) is 0 Å². The summed E-state index contributed by atoms with van der Waals surface area (Å²) in [5, 5.41) is 0. The molecule has 5 nitrogen and oxygen atoms in total. The smallest absolute Gasteiger partial charge is 0.419 e. The highest BCUT2D eigenvalue weighted by molar-refractivity contribution is 5.88. The summed E-state index contributed by atoms with van der Waals surface area (Å²) < 4.78 is 9.29. The Kier molecular flexibility index (Phi) is 5.80. The molecule has 98 valence electrons.